The Morgan fingerprint density at radius 2 is 1.83 bits per heavy atom. The number of hydrogen-bond donors (Lipinski definition) is 2. The van der Waals surface area contributed by atoms with E-state index in [0.29, 0.717) is 38.3 Å². The van der Waals surface area contributed by atoms with E-state index in [1.165, 1.54) is 24.5 Å². The van der Waals surface area contributed by atoms with Gasteiger partial charge in [0, 0.05) is 34.1 Å². The molecule has 0 aliphatic heterocycles. The lowest BCUT2D eigenvalue weighted by atomic mass is 10.1. The molecule has 0 aliphatic carbocycles. The maximum atomic E-state index is 14.3. The number of carbonyl (C=O) groups excluding carboxylic acids is 1. The Hall–Kier alpha value is -2.49. The van der Waals surface area contributed by atoms with Crippen LogP contribution in [0.1, 0.15) is 28.6 Å². The maximum absolute atomic E-state index is 14.3. The van der Waals surface area contributed by atoms with Gasteiger partial charge in [0.05, 0.1) is 17.2 Å². The van der Waals surface area contributed by atoms with Gasteiger partial charge in [-0.1, -0.05) is 13.0 Å². The van der Waals surface area contributed by atoms with E-state index in [2.05, 4.69) is 10.0 Å². The van der Waals surface area contributed by atoms with E-state index < -0.39 is 15.8 Å². The highest BCUT2D eigenvalue weighted by Crippen LogP contribution is 2.34. The van der Waals surface area contributed by atoms with Crippen LogP contribution < -0.4 is 10.0 Å². The highest BCUT2D eigenvalue weighted by Gasteiger charge is 2.21. The predicted molar refractivity (Wildman–Crippen MR) is 115 cm³/mol. The van der Waals surface area contributed by atoms with Crippen molar-refractivity contribution in [3.05, 3.63) is 58.7 Å². The van der Waals surface area contributed by atoms with Gasteiger partial charge >= 0.3 is 0 Å². The number of rotatable bonds is 8. The number of amides is 1. The number of hydrogen-bond acceptors (Lipinski definition) is 5. The van der Waals surface area contributed by atoms with Gasteiger partial charge in [0.1, 0.15) is 5.82 Å². The van der Waals surface area contributed by atoms with Crippen molar-refractivity contribution in [1.82, 2.24) is 0 Å². The molecule has 2 aromatic carbocycles. The molecular formula is C20H21FN2O4S2. The molecule has 0 radical (unpaired) electrons. The number of nitrogens with one attached hydrogen (secondary N) is 2. The van der Waals surface area contributed by atoms with Crippen LogP contribution in [0.25, 0.3) is 10.1 Å². The van der Waals surface area contributed by atoms with Crippen molar-refractivity contribution >= 4 is 48.7 Å². The first-order valence-electron chi connectivity index (χ1n) is 8.95. The zero-order chi connectivity index (χ0) is 21.0. The normalized spacial score (nSPS) is 11.6. The van der Waals surface area contributed by atoms with Gasteiger partial charge in [0.25, 0.3) is 5.91 Å². The van der Waals surface area contributed by atoms with Gasteiger partial charge in [-0.25, -0.2) is 12.8 Å². The summed E-state index contributed by atoms with van der Waals surface area (Å²) in [4.78, 5) is 13.2. The average molecular weight is 437 g/mol. The lowest BCUT2D eigenvalue weighted by Crippen LogP contribution is -2.16. The second kappa shape index (κ2) is 8.89. The van der Waals surface area contributed by atoms with Gasteiger partial charge in [-0.3, -0.25) is 9.52 Å². The predicted octanol–water partition coefficient (Wildman–Crippen LogP) is 4.59. The number of anilines is 2. The first-order valence-corrected chi connectivity index (χ1v) is 11.4. The number of ether oxygens (including phenoxy) is 1. The van der Waals surface area contributed by atoms with E-state index in [1.54, 1.807) is 43.3 Å². The van der Waals surface area contributed by atoms with Crippen molar-refractivity contribution in [1.29, 1.82) is 0 Å². The smallest absolute Gasteiger partial charge is 0.266 e. The highest BCUT2D eigenvalue weighted by molar-refractivity contribution is 7.92. The van der Waals surface area contributed by atoms with Crippen LogP contribution in [-0.4, -0.2) is 27.2 Å². The van der Waals surface area contributed by atoms with Crippen LogP contribution in [0.3, 0.4) is 0 Å². The van der Waals surface area contributed by atoms with Crippen molar-refractivity contribution in [2.24, 2.45) is 0 Å². The van der Waals surface area contributed by atoms with Gasteiger partial charge in [0.2, 0.25) is 10.0 Å². The Kier molecular flexibility index (Phi) is 6.51. The summed E-state index contributed by atoms with van der Waals surface area (Å²) >= 11 is 1.20. The summed E-state index contributed by atoms with van der Waals surface area (Å²) in [5.74, 6) is -0.735. The third kappa shape index (κ3) is 4.92. The first-order chi connectivity index (χ1) is 13.8. The third-order valence-electron chi connectivity index (χ3n) is 4.15. The molecule has 9 heteroatoms. The largest absolute Gasteiger partial charge is 0.380 e. The van der Waals surface area contributed by atoms with Gasteiger partial charge in [-0.15, -0.1) is 11.3 Å². The summed E-state index contributed by atoms with van der Waals surface area (Å²) in [5.41, 5.74) is 1.42. The summed E-state index contributed by atoms with van der Waals surface area (Å²) < 4.78 is 46.3. The molecule has 0 atom stereocenters. The van der Waals surface area contributed by atoms with Crippen molar-refractivity contribution in [3.8, 4) is 0 Å². The number of methoxy groups -OCH3 is 1. The van der Waals surface area contributed by atoms with E-state index in [4.69, 9.17) is 4.74 Å². The summed E-state index contributed by atoms with van der Waals surface area (Å²) in [6, 6.07) is 11.1. The number of benzene rings is 2. The number of halogens is 1. The van der Waals surface area contributed by atoms with Crippen LogP contribution in [0.15, 0.2) is 42.5 Å². The number of fused-ring (bicyclic) bond motifs is 1. The molecular weight excluding hydrogens is 415 g/mol. The molecule has 6 nitrogen and oxygen atoms in total. The fourth-order valence-electron chi connectivity index (χ4n) is 2.94. The Labute approximate surface area is 172 Å². The zero-order valence-corrected chi connectivity index (χ0v) is 17.6. The minimum absolute atomic E-state index is 0.0380. The molecule has 0 saturated heterocycles. The molecule has 1 amide bonds. The molecule has 1 heterocycles. The van der Waals surface area contributed by atoms with Crippen molar-refractivity contribution in [2.45, 2.75) is 20.0 Å². The summed E-state index contributed by atoms with van der Waals surface area (Å²) in [6.07, 6.45) is 0.517. The monoisotopic (exact) mass is 436 g/mol. The molecule has 3 rings (SSSR count). The number of carbonyl (C=O) groups is 1. The molecule has 154 valence electrons. The standard InChI is InChI=1S/C20H21FN2O4S2/c1-3-11-29(25,26)23-14-9-7-13(8-10-14)22-20(24)19-15(12-27-2)18-16(21)5-4-6-17(18)28-19/h4-10,23H,3,11-12H2,1-2H3,(H,22,24). The first kappa shape index (κ1) is 21.2. The van der Waals surface area contributed by atoms with E-state index >= 15 is 0 Å². The summed E-state index contributed by atoms with van der Waals surface area (Å²) in [6.45, 7) is 1.90. The second-order valence-corrected chi connectivity index (χ2v) is 9.30. The Balaban J connectivity index is 1.82. The van der Waals surface area contributed by atoms with E-state index in [1.807, 2.05) is 0 Å². The van der Waals surface area contributed by atoms with Crippen molar-refractivity contribution in [3.63, 3.8) is 0 Å². The molecule has 0 spiro atoms. The SMILES string of the molecule is CCCS(=O)(=O)Nc1ccc(NC(=O)c2sc3cccc(F)c3c2COC)cc1. The topological polar surface area (TPSA) is 84.5 Å². The second-order valence-electron chi connectivity index (χ2n) is 6.41. The van der Waals surface area contributed by atoms with Crippen molar-refractivity contribution in [2.75, 3.05) is 22.9 Å². The molecule has 0 bridgehead atoms. The van der Waals surface area contributed by atoms with Gasteiger partial charge in [-0.2, -0.15) is 0 Å². The van der Waals surface area contributed by atoms with Gasteiger partial charge in [-0.05, 0) is 42.8 Å². The van der Waals surface area contributed by atoms with Gasteiger partial charge in [0.15, 0.2) is 0 Å². The Morgan fingerprint density at radius 3 is 2.48 bits per heavy atom. The Morgan fingerprint density at radius 1 is 1.14 bits per heavy atom. The number of sulfonamides is 1. The lowest BCUT2D eigenvalue weighted by molar-refractivity contribution is 0.102. The van der Waals surface area contributed by atoms with E-state index in [-0.39, 0.29) is 18.3 Å². The van der Waals surface area contributed by atoms with E-state index in [9.17, 15) is 17.6 Å². The zero-order valence-electron chi connectivity index (χ0n) is 16.0. The van der Waals surface area contributed by atoms with Crippen molar-refractivity contribution < 1.29 is 22.3 Å². The van der Waals surface area contributed by atoms with Crippen LogP contribution in [-0.2, 0) is 21.4 Å². The van der Waals surface area contributed by atoms with Crippen LogP contribution >= 0.6 is 11.3 Å². The molecule has 0 unspecified atom stereocenters. The van der Waals surface area contributed by atoms with E-state index in [0.717, 1.165) is 0 Å². The molecule has 1 aromatic heterocycles. The van der Waals surface area contributed by atoms with Crippen LogP contribution in [0.4, 0.5) is 15.8 Å². The fourth-order valence-corrected chi connectivity index (χ4v) is 5.19. The third-order valence-corrected chi connectivity index (χ3v) is 6.84. The Bertz CT molecular complexity index is 1130. The molecule has 2 N–H and O–H groups in total. The quantitative estimate of drug-likeness (QED) is 0.541. The molecule has 29 heavy (non-hydrogen) atoms. The molecule has 0 aliphatic rings. The minimum atomic E-state index is -3.38. The van der Waals surface area contributed by atoms with Crippen LogP contribution in [0.5, 0.6) is 0 Å². The fraction of sp³-hybridized carbons (Fsp3) is 0.250. The highest BCUT2D eigenvalue weighted by atomic mass is 32.2. The molecule has 3 aromatic rings. The summed E-state index contributed by atoms with van der Waals surface area (Å²) in [5, 5.41) is 3.16. The average Bonchev–Trinajstić information content (AvgIpc) is 3.03. The van der Waals surface area contributed by atoms with Crippen LogP contribution in [0, 0.1) is 5.82 Å². The lowest BCUT2D eigenvalue weighted by Gasteiger charge is -2.09. The van der Waals surface area contributed by atoms with Gasteiger partial charge < -0.3 is 10.1 Å². The maximum Gasteiger partial charge on any atom is 0.266 e. The van der Waals surface area contributed by atoms with Crippen LogP contribution in [0.2, 0.25) is 0 Å². The molecule has 0 fully saturated rings. The minimum Gasteiger partial charge on any atom is -0.380 e. The summed E-state index contributed by atoms with van der Waals surface area (Å²) in [7, 11) is -1.89. The number of thiophene rings is 1. The molecule has 0 saturated carbocycles.